The van der Waals surface area contributed by atoms with Crippen molar-refractivity contribution in [2.24, 2.45) is 0 Å². The molecule has 0 saturated carbocycles. The predicted octanol–water partition coefficient (Wildman–Crippen LogP) is 3.13. The molecule has 6 heteroatoms. The molecule has 0 radical (unpaired) electrons. The quantitative estimate of drug-likeness (QED) is 0.748. The van der Waals surface area contributed by atoms with Crippen LogP contribution in [0.2, 0.25) is 0 Å². The molecule has 1 heterocycles. The van der Waals surface area contributed by atoms with Crippen molar-refractivity contribution >= 4 is 5.69 Å². The van der Waals surface area contributed by atoms with Crippen LogP contribution >= 0.6 is 0 Å². The van der Waals surface area contributed by atoms with Crippen LogP contribution in [0.15, 0.2) is 47.0 Å². The van der Waals surface area contributed by atoms with Crippen LogP contribution < -0.4 is 10.5 Å². The van der Waals surface area contributed by atoms with E-state index in [2.05, 4.69) is 10.1 Å². The maximum absolute atomic E-state index is 13.7. The summed E-state index contributed by atoms with van der Waals surface area (Å²) >= 11 is 0. The molecule has 3 aromatic rings. The molecule has 21 heavy (non-hydrogen) atoms. The SMILES string of the molecule is COc1cc(N)ccc1-c1nc(-c2ccccc2F)no1. The minimum atomic E-state index is -0.408. The Bertz CT molecular complexity index is 786. The Labute approximate surface area is 120 Å². The molecule has 0 saturated heterocycles. The number of nitrogens with zero attached hydrogens (tertiary/aromatic N) is 2. The molecule has 0 atom stereocenters. The Hall–Kier alpha value is -2.89. The van der Waals surface area contributed by atoms with Gasteiger partial charge in [-0.1, -0.05) is 17.3 Å². The fourth-order valence-corrected chi connectivity index (χ4v) is 1.97. The summed E-state index contributed by atoms with van der Waals surface area (Å²) in [6.45, 7) is 0. The maximum Gasteiger partial charge on any atom is 0.262 e. The molecule has 0 spiro atoms. The summed E-state index contributed by atoms with van der Waals surface area (Å²) in [6.07, 6.45) is 0. The fraction of sp³-hybridized carbons (Fsp3) is 0.0667. The highest BCUT2D eigenvalue weighted by Gasteiger charge is 2.16. The molecule has 0 aliphatic carbocycles. The third kappa shape index (κ3) is 2.43. The molecule has 3 rings (SSSR count). The second-order valence-corrected chi connectivity index (χ2v) is 4.36. The number of benzene rings is 2. The minimum Gasteiger partial charge on any atom is -0.496 e. The highest BCUT2D eigenvalue weighted by atomic mass is 19.1. The number of halogens is 1. The van der Waals surface area contributed by atoms with E-state index in [0.717, 1.165) is 0 Å². The van der Waals surface area contributed by atoms with Gasteiger partial charge in [-0.05, 0) is 24.3 Å². The molecule has 0 unspecified atom stereocenters. The van der Waals surface area contributed by atoms with Gasteiger partial charge in [0.2, 0.25) is 5.82 Å². The van der Waals surface area contributed by atoms with Gasteiger partial charge in [0.15, 0.2) is 0 Å². The minimum absolute atomic E-state index is 0.182. The van der Waals surface area contributed by atoms with Crippen LogP contribution in [-0.2, 0) is 0 Å². The summed E-state index contributed by atoms with van der Waals surface area (Å²) < 4.78 is 24.2. The molecule has 2 aromatic carbocycles. The van der Waals surface area contributed by atoms with Gasteiger partial charge in [-0.15, -0.1) is 0 Å². The second-order valence-electron chi connectivity index (χ2n) is 4.36. The first-order chi connectivity index (χ1) is 10.2. The van der Waals surface area contributed by atoms with Crippen molar-refractivity contribution in [2.45, 2.75) is 0 Å². The van der Waals surface area contributed by atoms with Gasteiger partial charge >= 0.3 is 0 Å². The molecule has 5 nitrogen and oxygen atoms in total. The zero-order valence-corrected chi connectivity index (χ0v) is 11.2. The number of aromatic nitrogens is 2. The molecule has 2 N–H and O–H groups in total. The molecule has 0 bridgehead atoms. The van der Waals surface area contributed by atoms with E-state index in [9.17, 15) is 4.39 Å². The summed E-state index contributed by atoms with van der Waals surface area (Å²) in [6, 6.07) is 11.3. The van der Waals surface area contributed by atoms with E-state index in [1.807, 2.05) is 0 Å². The van der Waals surface area contributed by atoms with Gasteiger partial charge in [0.25, 0.3) is 5.89 Å². The Morgan fingerprint density at radius 3 is 2.71 bits per heavy atom. The number of ether oxygens (including phenoxy) is 1. The summed E-state index contributed by atoms with van der Waals surface area (Å²) in [7, 11) is 1.52. The monoisotopic (exact) mass is 285 g/mol. The third-order valence-electron chi connectivity index (χ3n) is 3.00. The van der Waals surface area contributed by atoms with Crippen molar-refractivity contribution in [3.63, 3.8) is 0 Å². The van der Waals surface area contributed by atoms with E-state index in [1.54, 1.807) is 36.4 Å². The summed E-state index contributed by atoms with van der Waals surface area (Å²) in [5.74, 6) is 0.528. The van der Waals surface area contributed by atoms with E-state index >= 15 is 0 Å². The molecule has 1 aromatic heterocycles. The third-order valence-corrected chi connectivity index (χ3v) is 3.00. The molecule has 0 aliphatic rings. The Balaban J connectivity index is 2.05. The van der Waals surface area contributed by atoms with Crippen molar-refractivity contribution in [3.8, 4) is 28.6 Å². The standard InChI is InChI=1S/C15H12FN3O2/c1-20-13-8-9(17)6-7-11(13)15-18-14(19-21-15)10-4-2-3-5-12(10)16/h2-8H,17H2,1H3. The van der Waals surface area contributed by atoms with Crippen LogP contribution in [0.4, 0.5) is 10.1 Å². The molecule has 0 fully saturated rings. The molecular formula is C15H12FN3O2. The van der Waals surface area contributed by atoms with Gasteiger partial charge in [0.05, 0.1) is 18.2 Å². The Kier molecular flexibility index (Phi) is 3.27. The van der Waals surface area contributed by atoms with Crippen LogP contribution in [0.5, 0.6) is 5.75 Å². The molecule has 0 aliphatic heterocycles. The zero-order chi connectivity index (χ0) is 14.8. The number of methoxy groups -OCH3 is 1. The van der Waals surface area contributed by atoms with Gasteiger partial charge < -0.3 is 15.0 Å². The summed E-state index contributed by atoms with van der Waals surface area (Å²) in [5, 5.41) is 3.81. The number of anilines is 1. The van der Waals surface area contributed by atoms with Crippen LogP contribution in [0.3, 0.4) is 0 Å². The normalized spacial score (nSPS) is 10.6. The summed E-state index contributed by atoms with van der Waals surface area (Å²) in [5.41, 5.74) is 7.14. The highest BCUT2D eigenvalue weighted by Crippen LogP contribution is 2.32. The van der Waals surface area contributed by atoms with Crippen LogP contribution in [0, 0.1) is 5.82 Å². The molecule has 0 amide bonds. The van der Waals surface area contributed by atoms with Crippen molar-refractivity contribution in [2.75, 3.05) is 12.8 Å². The number of nitrogens with two attached hydrogens (primary N) is 1. The lowest BCUT2D eigenvalue weighted by Crippen LogP contribution is -1.91. The highest BCUT2D eigenvalue weighted by molar-refractivity contribution is 5.68. The first-order valence-corrected chi connectivity index (χ1v) is 6.21. The number of hydrogen-bond donors (Lipinski definition) is 1. The smallest absolute Gasteiger partial charge is 0.262 e. The largest absolute Gasteiger partial charge is 0.496 e. The first-order valence-electron chi connectivity index (χ1n) is 6.21. The topological polar surface area (TPSA) is 74.2 Å². The second kappa shape index (κ2) is 5.24. The van der Waals surface area contributed by atoms with Crippen LogP contribution in [0.25, 0.3) is 22.8 Å². The van der Waals surface area contributed by atoms with Gasteiger partial charge in [-0.3, -0.25) is 0 Å². The first kappa shape index (κ1) is 13.1. The van der Waals surface area contributed by atoms with Crippen LogP contribution in [-0.4, -0.2) is 17.3 Å². The van der Waals surface area contributed by atoms with E-state index in [-0.39, 0.29) is 17.3 Å². The van der Waals surface area contributed by atoms with E-state index in [4.69, 9.17) is 15.0 Å². The van der Waals surface area contributed by atoms with E-state index in [1.165, 1.54) is 13.2 Å². The lowest BCUT2D eigenvalue weighted by molar-refractivity contribution is 0.405. The summed E-state index contributed by atoms with van der Waals surface area (Å²) in [4.78, 5) is 4.21. The maximum atomic E-state index is 13.7. The fourth-order valence-electron chi connectivity index (χ4n) is 1.97. The van der Waals surface area contributed by atoms with E-state index in [0.29, 0.717) is 17.0 Å². The van der Waals surface area contributed by atoms with Crippen molar-refractivity contribution in [3.05, 3.63) is 48.3 Å². The Morgan fingerprint density at radius 2 is 1.95 bits per heavy atom. The van der Waals surface area contributed by atoms with Crippen molar-refractivity contribution in [1.82, 2.24) is 10.1 Å². The van der Waals surface area contributed by atoms with E-state index < -0.39 is 5.82 Å². The van der Waals surface area contributed by atoms with Crippen molar-refractivity contribution < 1.29 is 13.7 Å². The lowest BCUT2D eigenvalue weighted by atomic mass is 10.1. The zero-order valence-electron chi connectivity index (χ0n) is 11.2. The van der Waals surface area contributed by atoms with Crippen LogP contribution in [0.1, 0.15) is 0 Å². The predicted molar refractivity (Wildman–Crippen MR) is 76.1 cm³/mol. The van der Waals surface area contributed by atoms with Gasteiger partial charge in [-0.25, -0.2) is 4.39 Å². The van der Waals surface area contributed by atoms with Gasteiger partial charge in [0.1, 0.15) is 11.6 Å². The Morgan fingerprint density at radius 1 is 1.14 bits per heavy atom. The average Bonchev–Trinajstić information content (AvgIpc) is 2.97. The number of hydrogen-bond acceptors (Lipinski definition) is 5. The van der Waals surface area contributed by atoms with Gasteiger partial charge in [0, 0.05) is 11.8 Å². The number of rotatable bonds is 3. The molecular weight excluding hydrogens is 273 g/mol. The number of nitrogen functional groups attached to an aromatic ring is 1. The molecule has 106 valence electrons. The van der Waals surface area contributed by atoms with Crippen molar-refractivity contribution in [1.29, 1.82) is 0 Å². The average molecular weight is 285 g/mol. The lowest BCUT2D eigenvalue weighted by Gasteiger charge is -2.05. The van der Waals surface area contributed by atoms with Gasteiger partial charge in [-0.2, -0.15) is 4.98 Å².